The Bertz CT molecular complexity index is 731. The minimum absolute atomic E-state index is 0.0184. The van der Waals surface area contributed by atoms with Gasteiger partial charge in [-0.2, -0.15) is 0 Å². The highest BCUT2D eigenvalue weighted by Crippen LogP contribution is 2.24. The third-order valence-corrected chi connectivity index (χ3v) is 4.95. The molecule has 1 N–H and O–H groups in total. The van der Waals surface area contributed by atoms with E-state index in [1.165, 1.54) is 19.2 Å². The molecule has 0 unspecified atom stereocenters. The number of hydrogen-bond donors (Lipinski definition) is 1. The molecular weight excluding hydrogens is 317 g/mol. The largest absolute Gasteiger partial charge is 0.494 e. The van der Waals surface area contributed by atoms with Crippen LogP contribution in [0.25, 0.3) is 0 Å². The number of rotatable bonds is 6. The normalized spacial score (nSPS) is 11.4. The molecule has 21 heavy (non-hydrogen) atoms. The zero-order valence-corrected chi connectivity index (χ0v) is 13.1. The van der Waals surface area contributed by atoms with Gasteiger partial charge in [0.2, 0.25) is 5.13 Å². The van der Waals surface area contributed by atoms with Crippen molar-refractivity contribution >= 4 is 26.5 Å². The van der Waals surface area contributed by atoms with Crippen molar-refractivity contribution in [3.05, 3.63) is 29.0 Å². The van der Waals surface area contributed by atoms with Gasteiger partial charge in [-0.1, -0.05) is 18.3 Å². The lowest BCUT2D eigenvalue weighted by Gasteiger charge is -2.06. The van der Waals surface area contributed by atoms with Crippen LogP contribution in [0.1, 0.15) is 18.4 Å². The number of ether oxygens (including phenoxy) is 1. The van der Waals surface area contributed by atoms with Crippen LogP contribution in [0.2, 0.25) is 0 Å². The van der Waals surface area contributed by atoms with Gasteiger partial charge < -0.3 is 4.74 Å². The maximum Gasteiger partial charge on any atom is 0.263 e. The predicted octanol–water partition coefficient (Wildman–Crippen LogP) is 2.44. The summed E-state index contributed by atoms with van der Waals surface area (Å²) in [7, 11) is -2.59. The predicted molar refractivity (Wildman–Crippen MR) is 77.7 cm³/mol. The van der Waals surface area contributed by atoms with E-state index in [0.717, 1.165) is 35.3 Å². The first-order valence-corrected chi connectivity index (χ1v) is 8.45. The highest BCUT2D eigenvalue weighted by Gasteiger charge is 2.18. The van der Waals surface area contributed by atoms with Crippen molar-refractivity contribution in [2.24, 2.45) is 0 Å². The number of benzene rings is 1. The number of methoxy groups -OCH3 is 1. The van der Waals surface area contributed by atoms with E-state index in [1.54, 1.807) is 0 Å². The average molecular weight is 331 g/mol. The molecule has 0 atom stereocenters. The highest BCUT2D eigenvalue weighted by atomic mass is 32.2. The van der Waals surface area contributed by atoms with Crippen molar-refractivity contribution < 1.29 is 17.5 Å². The van der Waals surface area contributed by atoms with Gasteiger partial charge in [0.1, 0.15) is 5.01 Å². The molecule has 6 nitrogen and oxygen atoms in total. The van der Waals surface area contributed by atoms with Gasteiger partial charge in [-0.3, -0.25) is 4.72 Å². The van der Waals surface area contributed by atoms with Gasteiger partial charge in [0.25, 0.3) is 10.0 Å². The van der Waals surface area contributed by atoms with Crippen LogP contribution in [0, 0.1) is 5.82 Å². The van der Waals surface area contributed by atoms with Crippen LogP contribution in [0.4, 0.5) is 9.52 Å². The van der Waals surface area contributed by atoms with E-state index < -0.39 is 15.8 Å². The molecule has 114 valence electrons. The molecular formula is C12H14FN3O3S2. The van der Waals surface area contributed by atoms with Crippen LogP contribution >= 0.6 is 11.3 Å². The Labute approximate surface area is 126 Å². The lowest BCUT2D eigenvalue weighted by Crippen LogP contribution is -2.13. The summed E-state index contributed by atoms with van der Waals surface area (Å²) in [6.45, 7) is 1.99. The fourth-order valence-electron chi connectivity index (χ4n) is 1.60. The molecule has 2 aromatic rings. The first-order chi connectivity index (χ1) is 9.96. The minimum atomic E-state index is -3.90. The first-order valence-electron chi connectivity index (χ1n) is 6.15. The Balaban J connectivity index is 2.23. The van der Waals surface area contributed by atoms with Gasteiger partial charge in [-0.25, -0.2) is 12.8 Å². The molecule has 0 saturated heterocycles. The second-order valence-electron chi connectivity index (χ2n) is 4.15. The lowest BCUT2D eigenvalue weighted by atomic mass is 10.3. The summed E-state index contributed by atoms with van der Waals surface area (Å²) in [5.74, 6) is -0.764. The maximum atomic E-state index is 13.6. The van der Waals surface area contributed by atoms with Crippen LogP contribution < -0.4 is 9.46 Å². The summed E-state index contributed by atoms with van der Waals surface area (Å²) in [6.07, 6.45) is 1.63. The van der Waals surface area contributed by atoms with E-state index in [4.69, 9.17) is 4.74 Å². The topological polar surface area (TPSA) is 81.2 Å². The van der Waals surface area contributed by atoms with Crippen LogP contribution in [-0.2, 0) is 16.4 Å². The maximum absolute atomic E-state index is 13.6. The number of nitrogens with zero attached hydrogens (tertiary/aromatic N) is 2. The van der Waals surface area contributed by atoms with E-state index >= 15 is 0 Å². The van der Waals surface area contributed by atoms with Crippen LogP contribution in [-0.4, -0.2) is 25.7 Å². The van der Waals surface area contributed by atoms with E-state index in [9.17, 15) is 12.8 Å². The number of halogens is 1. The third kappa shape index (κ3) is 3.67. The summed E-state index contributed by atoms with van der Waals surface area (Å²) in [4.78, 5) is -0.201. The molecule has 0 aliphatic heterocycles. The van der Waals surface area contributed by atoms with E-state index in [0.29, 0.717) is 0 Å². The summed E-state index contributed by atoms with van der Waals surface area (Å²) in [5, 5.41) is 8.55. The standard InChI is InChI=1S/C12H14FN3O3S2/c1-3-4-11-14-15-12(20-11)16-21(17,18)8-5-6-10(19-2)9(13)7-8/h5-7H,3-4H2,1-2H3,(H,15,16). The highest BCUT2D eigenvalue weighted by molar-refractivity contribution is 7.93. The average Bonchev–Trinajstić information content (AvgIpc) is 2.85. The van der Waals surface area contributed by atoms with E-state index in [2.05, 4.69) is 14.9 Å². The van der Waals surface area contributed by atoms with Gasteiger partial charge in [0, 0.05) is 6.42 Å². The molecule has 0 radical (unpaired) electrons. The summed E-state index contributed by atoms with van der Waals surface area (Å²) >= 11 is 1.16. The van der Waals surface area contributed by atoms with Crippen molar-refractivity contribution in [2.75, 3.05) is 11.8 Å². The van der Waals surface area contributed by atoms with Crippen molar-refractivity contribution in [3.8, 4) is 5.75 Å². The van der Waals surface area contributed by atoms with Gasteiger partial charge >= 0.3 is 0 Å². The molecule has 0 spiro atoms. The first kappa shape index (κ1) is 15.6. The molecule has 1 aromatic carbocycles. The molecule has 0 aliphatic rings. The Kier molecular flexibility index (Phi) is 4.73. The molecule has 0 bridgehead atoms. The third-order valence-electron chi connectivity index (χ3n) is 2.59. The number of hydrogen-bond acceptors (Lipinski definition) is 6. The second kappa shape index (κ2) is 6.35. The number of aromatic nitrogens is 2. The fourth-order valence-corrected chi connectivity index (χ4v) is 3.68. The molecule has 1 aromatic heterocycles. The van der Waals surface area contributed by atoms with Crippen LogP contribution in [0.15, 0.2) is 23.1 Å². The Morgan fingerprint density at radius 1 is 1.38 bits per heavy atom. The second-order valence-corrected chi connectivity index (χ2v) is 6.90. The molecule has 2 rings (SSSR count). The Morgan fingerprint density at radius 2 is 2.14 bits per heavy atom. The lowest BCUT2D eigenvalue weighted by molar-refractivity contribution is 0.385. The van der Waals surface area contributed by atoms with Gasteiger partial charge in [0.05, 0.1) is 12.0 Å². The SMILES string of the molecule is CCCc1nnc(NS(=O)(=O)c2ccc(OC)c(F)c2)s1. The number of sulfonamides is 1. The summed E-state index contributed by atoms with van der Waals surface area (Å²) < 4.78 is 44.9. The Hall–Kier alpha value is -1.74. The van der Waals surface area contributed by atoms with Crippen LogP contribution in [0.3, 0.4) is 0 Å². The van der Waals surface area contributed by atoms with Crippen molar-refractivity contribution in [1.29, 1.82) is 0 Å². The van der Waals surface area contributed by atoms with Gasteiger partial charge in [-0.05, 0) is 24.6 Å². The van der Waals surface area contributed by atoms with Crippen molar-refractivity contribution in [3.63, 3.8) is 0 Å². The molecule has 0 saturated carbocycles. The number of nitrogens with one attached hydrogen (secondary N) is 1. The smallest absolute Gasteiger partial charge is 0.263 e. The molecule has 0 amide bonds. The zero-order chi connectivity index (χ0) is 15.5. The summed E-state index contributed by atoms with van der Waals surface area (Å²) in [6, 6.07) is 3.42. The zero-order valence-electron chi connectivity index (χ0n) is 11.5. The van der Waals surface area contributed by atoms with Crippen molar-refractivity contribution in [1.82, 2.24) is 10.2 Å². The van der Waals surface area contributed by atoms with E-state index in [-0.39, 0.29) is 15.8 Å². The number of anilines is 1. The molecule has 0 aliphatic carbocycles. The fraction of sp³-hybridized carbons (Fsp3) is 0.333. The molecule has 9 heteroatoms. The van der Waals surface area contributed by atoms with E-state index in [1.807, 2.05) is 6.92 Å². The quantitative estimate of drug-likeness (QED) is 0.879. The van der Waals surface area contributed by atoms with Gasteiger partial charge in [-0.15, -0.1) is 10.2 Å². The monoisotopic (exact) mass is 331 g/mol. The minimum Gasteiger partial charge on any atom is -0.494 e. The molecule has 1 heterocycles. The van der Waals surface area contributed by atoms with Crippen LogP contribution in [0.5, 0.6) is 5.75 Å². The Morgan fingerprint density at radius 3 is 2.76 bits per heavy atom. The summed E-state index contributed by atoms with van der Waals surface area (Å²) in [5.41, 5.74) is 0. The molecule has 0 fully saturated rings. The van der Waals surface area contributed by atoms with Crippen molar-refractivity contribution in [2.45, 2.75) is 24.7 Å². The number of aryl methyl sites for hydroxylation is 1. The van der Waals surface area contributed by atoms with Gasteiger partial charge in [0.15, 0.2) is 11.6 Å².